The molecule has 1 aromatic carbocycles. The molecule has 0 aliphatic carbocycles. The Morgan fingerprint density at radius 3 is 2.59 bits per heavy atom. The van der Waals surface area contributed by atoms with Gasteiger partial charge in [0.15, 0.2) is 0 Å². The smallest absolute Gasteiger partial charge is 0.331 e. The van der Waals surface area contributed by atoms with Crippen molar-refractivity contribution in [2.24, 2.45) is 0 Å². The molecule has 0 saturated heterocycles. The first-order chi connectivity index (χ1) is 13.6. The summed E-state index contributed by atoms with van der Waals surface area (Å²) in [7, 11) is -3.77. The fraction of sp³-hybridized carbons (Fsp3) is 0.286. The summed E-state index contributed by atoms with van der Waals surface area (Å²) in [4.78, 5) is 16.2. The van der Waals surface area contributed by atoms with E-state index in [-0.39, 0.29) is 11.4 Å². The molecule has 0 atom stereocenters. The molecule has 0 bridgehead atoms. The van der Waals surface area contributed by atoms with E-state index in [0.29, 0.717) is 23.4 Å². The molecule has 2 aromatic rings. The number of hydrogen-bond donors (Lipinski definition) is 0. The quantitative estimate of drug-likeness (QED) is 0.566. The molecule has 8 heteroatoms. The van der Waals surface area contributed by atoms with Crippen molar-refractivity contribution >= 4 is 27.9 Å². The van der Waals surface area contributed by atoms with E-state index >= 15 is 0 Å². The number of esters is 1. The minimum atomic E-state index is -3.77. The molecule has 150 valence electrons. The van der Waals surface area contributed by atoms with Gasteiger partial charge in [-0.25, -0.2) is 22.5 Å². The molecule has 0 radical (unpaired) electrons. The Hall–Kier alpha value is -3.18. The fourth-order valence-electron chi connectivity index (χ4n) is 2.91. The van der Waals surface area contributed by atoms with Gasteiger partial charge in [0.25, 0.3) is 10.0 Å². The summed E-state index contributed by atoms with van der Waals surface area (Å²) >= 11 is 0. The molecule has 1 aliphatic rings. The van der Waals surface area contributed by atoms with Crippen LogP contribution < -0.4 is 4.31 Å². The third-order valence-electron chi connectivity index (χ3n) is 4.17. The molecule has 0 N–H and O–H groups in total. The summed E-state index contributed by atoms with van der Waals surface area (Å²) in [6.07, 6.45) is 4.96. The Morgan fingerprint density at radius 2 is 1.97 bits per heavy atom. The third kappa shape index (κ3) is 4.63. The number of ether oxygens (including phenoxy) is 1. The van der Waals surface area contributed by atoms with Gasteiger partial charge in [0, 0.05) is 18.8 Å². The van der Waals surface area contributed by atoms with Crippen LogP contribution in [0.15, 0.2) is 47.5 Å². The maximum Gasteiger partial charge on any atom is 0.331 e. The number of aromatic nitrogens is 1. The topological polar surface area (TPSA) is 100 Å². The first kappa shape index (κ1) is 20.6. The number of carbonyl (C=O) groups is 1. The number of anilines is 1. The first-order valence-corrected chi connectivity index (χ1v) is 10.5. The number of sulfonamides is 1. The monoisotopic (exact) mass is 411 g/mol. The standard InChI is InChI=1S/C21H21N3O4S/c1-21(2,3)28-19(25)9-6-16-12-17-10-11-24(20(17)23-14-16)29(26,27)18-7-4-15(13-22)5-8-18/h4-9,12,14H,10-11H2,1-3H3/b9-6+. The zero-order valence-electron chi connectivity index (χ0n) is 16.4. The van der Waals surface area contributed by atoms with E-state index in [1.807, 2.05) is 12.1 Å². The van der Waals surface area contributed by atoms with Gasteiger partial charge in [-0.2, -0.15) is 5.26 Å². The van der Waals surface area contributed by atoms with Crippen molar-refractivity contribution in [2.45, 2.75) is 37.7 Å². The minimum Gasteiger partial charge on any atom is -0.457 e. The molecule has 29 heavy (non-hydrogen) atoms. The van der Waals surface area contributed by atoms with Crippen LogP contribution in [0.3, 0.4) is 0 Å². The highest BCUT2D eigenvalue weighted by Gasteiger charge is 2.32. The van der Waals surface area contributed by atoms with Crippen molar-refractivity contribution in [2.75, 3.05) is 10.8 Å². The second kappa shape index (κ2) is 7.68. The number of nitrogens with zero attached hydrogens (tertiary/aromatic N) is 3. The van der Waals surface area contributed by atoms with Gasteiger partial charge >= 0.3 is 5.97 Å². The number of carbonyl (C=O) groups excluding carboxylic acids is 1. The number of pyridine rings is 1. The van der Waals surface area contributed by atoms with Crippen molar-refractivity contribution in [3.05, 3.63) is 59.3 Å². The lowest BCUT2D eigenvalue weighted by Gasteiger charge is -2.18. The lowest BCUT2D eigenvalue weighted by atomic mass is 10.1. The lowest BCUT2D eigenvalue weighted by molar-refractivity contribution is -0.148. The summed E-state index contributed by atoms with van der Waals surface area (Å²) in [6, 6.07) is 9.58. The van der Waals surface area contributed by atoms with Gasteiger partial charge in [-0.15, -0.1) is 0 Å². The van der Waals surface area contributed by atoms with Gasteiger partial charge in [0.05, 0.1) is 16.5 Å². The van der Waals surface area contributed by atoms with Crippen molar-refractivity contribution < 1.29 is 17.9 Å². The number of nitriles is 1. The average molecular weight is 411 g/mol. The number of rotatable bonds is 4. The maximum atomic E-state index is 13.0. The molecule has 2 heterocycles. The van der Waals surface area contributed by atoms with Crippen LogP contribution in [-0.4, -0.2) is 31.5 Å². The Balaban J connectivity index is 1.81. The minimum absolute atomic E-state index is 0.111. The summed E-state index contributed by atoms with van der Waals surface area (Å²) in [5.41, 5.74) is 1.30. The highest BCUT2D eigenvalue weighted by atomic mass is 32.2. The van der Waals surface area contributed by atoms with Gasteiger partial charge in [0.1, 0.15) is 11.4 Å². The molecule has 7 nitrogen and oxygen atoms in total. The van der Waals surface area contributed by atoms with Gasteiger partial charge in [-0.3, -0.25) is 0 Å². The van der Waals surface area contributed by atoms with Crippen molar-refractivity contribution in [1.29, 1.82) is 5.26 Å². The molecule has 1 aromatic heterocycles. The van der Waals surface area contributed by atoms with E-state index in [9.17, 15) is 13.2 Å². The van der Waals surface area contributed by atoms with Crippen molar-refractivity contribution in [3.8, 4) is 6.07 Å². The maximum absolute atomic E-state index is 13.0. The fourth-order valence-corrected chi connectivity index (χ4v) is 4.37. The summed E-state index contributed by atoms with van der Waals surface area (Å²) in [5, 5.41) is 8.88. The number of benzene rings is 1. The van der Waals surface area contributed by atoms with E-state index in [0.717, 1.165) is 5.56 Å². The summed E-state index contributed by atoms with van der Waals surface area (Å²) < 4.78 is 32.4. The zero-order valence-corrected chi connectivity index (χ0v) is 17.2. The van der Waals surface area contributed by atoms with Crippen LogP contribution >= 0.6 is 0 Å². The normalized spacial score (nSPS) is 13.9. The van der Waals surface area contributed by atoms with Crippen LogP contribution in [0.2, 0.25) is 0 Å². The molecular weight excluding hydrogens is 390 g/mol. The zero-order chi connectivity index (χ0) is 21.2. The van der Waals surface area contributed by atoms with Crippen LogP contribution in [0.4, 0.5) is 5.82 Å². The van der Waals surface area contributed by atoms with Gasteiger partial charge in [0.2, 0.25) is 0 Å². The largest absolute Gasteiger partial charge is 0.457 e. The third-order valence-corrected chi connectivity index (χ3v) is 5.98. The van der Waals surface area contributed by atoms with Crippen LogP contribution in [0.25, 0.3) is 6.08 Å². The van der Waals surface area contributed by atoms with Crippen molar-refractivity contribution in [3.63, 3.8) is 0 Å². The average Bonchev–Trinajstić information content (AvgIpc) is 3.09. The summed E-state index contributed by atoms with van der Waals surface area (Å²) in [6.45, 7) is 5.65. The highest BCUT2D eigenvalue weighted by Crippen LogP contribution is 2.31. The molecule has 0 spiro atoms. The predicted molar refractivity (Wildman–Crippen MR) is 109 cm³/mol. The highest BCUT2D eigenvalue weighted by molar-refractivity contribution is 7.92. The van der Waals surface area contributed by atoms with Crippen molar-refractivity contribution in [1.82, 2.24) is 4.98 Å². The molecule has 0 fully saturated rings. The van der Waals surface area contributed by atoms with E-state index in [1.54, 1.807) is 26.8 Å². The van der Waals surface area contributed by atoms with E-state index in [2.05, 4.69) is 4.98 Å². The molecule has 1 aliphatic heterocycles. The first-order valence-electron chi connectivity index (χ1n) is 9.03. The van der Waals surface area contributed by atoms with Gasteiger partial charge in [-0.05, 0) is 74.7 Å². The molecule has 0 amide bonds. The second-order valence-corrected chi connectivity index (χ2v) is 9.44. The summed E-state index contributed by atoms with van der Waals surface area (Å²) in [5.74, 6) is -0.0770. The van der Waals surface area contributed by atoms with Crippen LogP contribution in [-0.2, 0) is 26.0 Å². The molecule has 0 saturated carbocycles. The molecule has 0 unspecified atom stereocenters. The van der Waals surface area contributed by atoms with E-state index in [4.69, 9.17) is 10.00 Å². The number of fused-ring (bicyclic) bond motifs is 1. The molecular formula is C21H21N3O4S. The van der Waals surface area contributed by atoms with E-state index in [1.165, 1.54) is 40.8 Å². The molecule has 3 rings (SSSR count). The van der Waals surface area contributed by atoms with Crippen LogP contribution in [0, 0.1) is 11.3 Å². The lowest BCUT2D eigenvalue weighted by Crippen LogP contribution is -2.29. The SMILES string of the molecule is CC(C)(C)OC(=O)/C=C/c1cnc2c(c1)CCN2S(=O)(=O)c1ccc(C#N)cc1. The van der Waals surface area contributed by atoms with Crippen LogP contribution in [0.1, 0.15) is 37.5 Å². The Labute approximate surface area is 170 Å². The van der Waals surface area contributed by atoms with Gasteiger partial charge < -0.3 is 4.74 Å². The Morgan fingerprint density at radius 1 is 1.28 bits per heavy atom. The number of hydrogen-bond acceptors (Lipinski definition) is 6. The second-order valence-electron chi connectivity index (χ2n) is 7.58. The van der Waals surface area contributed by atoms with Crippen LogP contribution in [0.5, 0.6) is 0 Å². The Kier molecular flexibility index (Phi) is 5.44. The predicted octanol–water partition coefficient (Wildman–Crippen LogP) is 3.06. The Bertz CT molecular complexity index is 1110. The van der Waals surface area contributed by atoms with Gasteiger partial charge in [-0.1, -0.05) is 0 Å². The van der Waals surface area contributed by atoms with E-state index < -0.39 is 21.6 Å².